The van der Waals surface area contributed by atoms with Crippen LogP contribution in [0.15, 0.2) is 0 Å². The van der Waals surface area contributed by atoms with E-state index in [2.05, 4.69) is 52.3 Å². The van der Waals surface area contributed by atoms with Crippen LogP contribution in [0.5, 0.6) is 0 Å². The van der Waals surface area contributed by atoms with E-state index in [1.54, 1.807) is 0 Å². The van der Waals surface area contributed by atoms with Gasteiger partial charge in [-0.3, -0.25) is 0 Å². The SMILES string of the molecule is CNC(C)C[N+](C)(C)C(C)CN(C)C. The summed E-state index contributed by atoms with van der Waals surface area (Å²) in [5.74, 6) is 0. The highest BCUT2D eigenvalue weighted by Gasteiger charge is 2.25. The minimum absolute atomic E-state index is 0.578. The van der Waals surface area contributed by atoms with Crippen LogP contribution >= 0.6 is 0 Å². The summed E-state index contributed by atoms with van der Waals surface area (Å²) in [5.41, 5.74) is 0. The topological polar surface area (TPSA) is 15.3 Å². The van der Waals surface area contributed by atoms with Crippen LogP contribution < -0.4 is 5.32 Å². The van der Waals surface area contributed by atoms with Crippen molar-refractivity contribution in [2.45, 2.75) is 25.9 Å². The first kappa shape index (κ1) is 13.9. The standard InChI is InChI=1S/C11H28N3/c1-10(12-3)9-14(6,7)11(2)8-13(4)5/h10-12H,8-9H2,1-7H3/q+1. The van der Waals surface area contributed by atoms with Gasteiger partial charge in [0.1, 0.15) is 0 Å². The molecule has 0 radical (unpaired) electrons. The zero-order chi connectivity index (χ0) is 11.4. The Hall–Kier alpha value is -0.120. The molecule has 0 heterocycles. The molecule has 0 aromatic heterocycles. The summed E-state index contributed by atoms with van der Waals surface area (Å²) in [6.45, 7) is 6.87. The monoisotopic (exact) mass is 202 g/mol. The third-order valence-electron chi connectivity index (χ3n) is 3.06. The Kier molecular flexibility index (Phi) is 5.64. The fourth-order valence-electron chi connectivity index (χ4n) is 1.73. The second-order valence-electron chi connectivity index (χ2n) is 5.26. The lowest BCUT2D eigenvalue weighted by Gasteiger charge is -2.39. The first-order valence-electron chi connectivity index (χ1n) is 5.44. The van der Waals surface area contributed by atoms with Crippen molar-refractivity contribution in [1.82, 2.24) is 10.2 Å². The van der Waals surface area contributed by atoms with Crippen LogP contribution in [0.25, 0.3) is 0 Å². The molecule has 3 heteroatoms. The van der Waals surface area contributed by atoms with Crippen molar-refractivity contribution in [3.63, 3.8) is 0 Å². The van der Waals surface area contributed by atoms with Crippen LogP contribution in [0.4, 0.5) is 0 Å². The number of quaternary nitrogens is 1. The minimum atomic E-state index is 0.578. The first-order chi connectivity index (χ1) is 6.29. The van der Waals surface area contributed by atoms with Gasteiger partial charge in [-0.1, -0.05) is 0 Å². The molecule has 0 bridgehead atoms. The molecule has 0 aromatic carbocycles. The summed E-state index contributed by atoms with van der Waals surface area (Å²) in [6, 6.07) is 1.25. The van der Waals surface area contributed by atoms with E-state index in [0.29, 0.717) is 12.1 Å². The average molecular weight is 202 g/mol. The smallest absolute Gasteiger partial charge is 0.0986 e. The summed E-state index contributed by atoms with van der Waals surface area (Å²) in [5, 5.41) is 3.30. The van der Waals surface area contributed by atoms with Crippen LogP contribution in [0.2, 0.25) is 0 Å². The van der Waals surface area contributed by atoms with Gasteiger partial charge in [0.15, 0.2) is 0 Å². The maximum Gasteiger partial charge on any atom is 0.0986 e. The van der Waals surface area contributed by atoms with Crippen LogP contribution in [0.1, 0.15) is 13.8 Å². The van der Waals surface area contributed by atoms with Gasteiger partial charge >= 0.3 is 0 Å². The number of likely N-dealkylation sites (N-methyl/N-ethyl adjacent to an activating group) is 3. The van der Waals surface area contributed by atoms with Gasteiger partial charge in [-0.2, -0.15) is 0 Å². The molecule has 14 heavy (non-hydrogen) atoms. The molecule has 0 amide bonds. The number of nitrogens with one attached hydrogen (secondary N) is 1. The molecule has 0 spiro atoms. The van der Waals surface area contributed by atoms with Gasteiger partial charge in [-0.15, -0.1) is 0 Å². The quantitative estimate of drug-likeness (QED) is 0.635. The van der Waals surface area contributed by atoms with Crippen LogP contribution in [-0.2, 0) is 0 Å². The van der Waals surface area contributed by atoms with Crippen molar-refractivity contribution in [3.8, 4) is 0 Å². The number of hydrogen-bond acceptors (Lipinski definition) is 2. The third kappa shape index (κ3) is 4.94. The fourth-order valence-corrected chi connectivity index (χ4v) is 1.73. The lowest BCUT2D eigenvalue weighted by atomic mass is 10.2. The summed E-state index contributed by atoms with van der Waals surface area (Å²) < 4.78 is 1.07. The van der Waals surface area contributed by atoms with Gasteiger partial charge in [-0.25, -0.2) is 0 Å². The van der Waals surface area contributed by atoms with Gasteiger partial charge in [0.05, 0.1) is 32.7 Å². The molecule has 0 fully saturated rings. The van der Waals surface area contributed by atoms with Crippen molar-refractivity contribution in [2.24, 2.45) is 0 Å². The Morgan fingerprint density at radius 1 is 1.21 bits per heavy atom. The lowest BCUT2D eigenvalue weighted by molar-refractivity contribution is -0.913. The predicted molar refractivity (Wildman–Crippen MR) is 63.5 cm³/mol. The first-order valence-corrected chi connectivity index (χ1v) is 5.44. The zero-order valence-corrected chi connectivity index (χ0v) is 11.0. The van der Waals surface area contributed by atoms with Crippen molar-refractivity contribution >= 4 is 0 Å². The Morgan fingerprint density at radius 2 is 1.71 bits per heavy atom. The molecular weight excluding hydrogens is 174 g/mol. The highest BCUT2D eigenvalue weighted by Crippen LogP contribution is 2.08. The molecule has 3 nitrogen and oxygen atoms in total. The highest BCUT2D eigenvalue weighted by molar-refractivity contribution is 4.60. The Morgan fingerprint density at radius 3 is 2.07 bits per heavy atom. The summed E-state index contributed by atoms with van der Waals surface area (Å²) in [4.78, 5) is 2.26. The number of rotatable bonds is 6. The molecule has 0 saturated heterocycles. The Balaban J connectivity index is 4.15. The van der Waals surface area contributed by atoms with E-state index >= 15 is 0 Å². The van der Waals surface area contributed by atoms with Crippen LogP contribution in [-0.4, -0.2) is 69.8 Å². The predicted octanol–water partition coefficient (Wildman–Crippen LogP) is 0.621. The van der Waals surface area contributed by atoms with E-state index < -0.39 is 0 Å². The second kappa shape index (κ2) is 5.69. The molecule has 0 rings (SSSR count). The molecule has 0 aromatic rings. The average Bonchev–Trinajstić information content (AvgIpc) is 2.02. The Bertz CT molecular complexity index is 155. The fraction of sp³-hybridized carbons (Fsp3) is 1.00. The Labute approximate surface area is 89.7 Å². The molecular formula is C11H28N3+. The van der Waals surface area contributed by atoms with Gasteiger partial charge in [0.25, 0.3) is 0 Å². The molecule has 1 N–H and O–H groups in total. The highest BCUT2D eigenvalue weighted by atomic mass is 15.4. The van der Waals surface area contributed by atoms with E-state index in [0.717, 1.165) is 11.0 Å². The molecule has 0 aliphatic carbocycles. The molecule has 0 aliphatic heterocycles. The van der Waals surface area contributed by atoms with E-state index in [9.17, 15) is 0 Å². The lowest BCUT2D eigenvalue weighted by Crippen LogP contribution is -2.56. The zero-order valence-electron chi connectivity index (χ0n) is 11.0. The maximum atomic E-state index is 3.30. The largest absolute Gasteiger partial charge is 0.324 e. The molecule has 86 valence electrons. The summed E-state index contributed by atoms with van der Waals surface area (Å²) >= 11 is 0. The van der Waals surface area contributed by atoms with E-state index in [1.807, 2.05) is 7.05 Å². The van der Waals surface area contributed by atoms with Crippen LogP contribution in [0, 0.1) is 0 Å². The maximum absolute atomic E-state index is 3.30. The van der Waals surface area contributed by atoms with Crippen molar-refractivity contribution < 1.29 is 4.48 Å². The van der Waals surface area contributed by atoms with Crippen LogP contribution in [0.3, 0.4) is 0 Å². The van der Waals surface area contributed by atoms with E-state index in [-0.39, 0.29) is 0 Å². The van der Waals surface area contributed by atoms with Crippen molar-refractivity contribution in [1.29, 1.82) is 0 Å². The van der Waals surface area contributed by atoms with Gasteiger partial charge < -0.3 is 14.7 Å². The van der Waals surface area contributed by atoms with Crippen molar-refractivity contribution in [3.05, 3.63) is 0 Å². The summed E-state index contributed by atoms with van der Waals surface area (Å²) in [6.07, 6.45) is 0. The number of hydrogen-bond donors (Lipinski definition) is 1. The molecule has 2 unspecified atom stereocenters. The normalized spacial score (nSPS) is 17.1. The molecule has 0 saturated carbocycles. The molecule has 2 atom stereocenters. The molecule has 0 aliphatic rings. The van der Waals surface area contributed by atoms with E-state index in [4.69, 9.17) is 0 Å². The van der Waals surface area contributed by atoms with Gasteiger partial charge in [0, 0.05) is 6.54 Å². The minimum Gasteiger partial charge on any atom is -0.324 e. The van der Waals surface area contributed by atoms with Gasteiger partial charge in [-0.05, 0) is 35.0 Å². The number of nitrogens with zero attached hydrogens (tertiary/aromatic N) is 2. The third-order valence-corrected chi connectivity index (χ3v) is 3.06. The van der Waals surface area contributed by atoms with E-state index in [1.165, 1.54) is 6.54 Å². The second-order valence-corrected chi connectivity index (χ2v) is 5.26. The summed E-state index contributed by atoms with van der Waals surface area (Å²) in [7, 11) is 10.9. The van der Waals surface area contributed by atoms with Crippen molar-refractivity contribution in [2.75, 3.05) is 48.3 Å². The van der Waals surface area contributed by atoms with Gasteiger partial charge in [0.2, 0.25) is 0 Å².